The topological polar surface area (TPSA) is 37.3 Å². The van der Waals surface area contributed by atoms with E-state index >= 15 is 0 Å². The van der Waals surface area contributed by atoms with Gasteiger partial charge in [-0.1, -0.05) is 42.5 Å². The molecule has 0 amide bonds. The number of fused-ring (bicyclic) bond motifs is 2. The van der Waals surface area contributed by atoms with Crippen molar-refractivity contribution in [3.63, 3.8) is 0 Å². The van der Waals surface area contributed by atoms with E-state index in [-0.39, 0.29) is 6.61 Å². The predicted molar refractivity (Wildman–Crippen MR) is 82.3 cm³/mol. The minimum absolute atomic E-state index is 0.0676. The lowest BCUT2D eigenvalue weighted by atomic mass is 9.90. The summed E-state index contributed by atoms with van der Waals surface area (Å²) in [6, 6.07) is 13.4. The predicted octanol–water partition coefficient (Wildman–Crippen LogP) is 4.04. The maximum atomic E-state index is 11.6. The van der Waals surface area contributed by atoms with E-state index in [4.69, 9.17) is 11.6 Å². The fourth-order valence-corrected chi connectivity index (χ4v) is 3.06. The highest BCUT2D eigenvalue weighted by molar-refractivity contribution is 6.20. The Balaban J connectivity index is 2.65. The van der Waals surface area contributed by atoms with Crippen molar-refractivity contribution in [2.45, 2.75) is 12.5 Å². The second-order valence-corrected chi connectivity index (χ2v) is 4.95. The lowest BCUT2D eigenvalue weighted by Crippen LogP contribution is -1.97. The van der Waals surface area contributed by atoms with Gasteiger partial charge in [0.25, 0.3) is 0 Å². The number of alkyl halides is 1. The van der Waals surface area contributed by atoms with E-state index in [1.807, 2.05) is 42.5 Å². The maximum Gasteiger partial charge on any atom is 0.151 e. The van der Waals surface area contributed by atoms with Gasteiger partial charge in [0.15, 0.2) is 6.29 Å². The van der Waals surface area contributed by atoms with Crippen molar-refractivity contribution in [3.05, 3.63) is 59.2 Å². The summed E-state index contributed by atoms with van der Waals surface area (Å²) >= 11 is 6.00. The van der Waals surface area contributed by atoms with Crippen LogP contribution >= 0.6 is 11.6 Å². The molecule has 0 saturated heterocycles. The normalized spacial score (nSPS) is 11.1. The van der Waals surface area contributed by atoms with E-state index in [1.165, 1.54) is 0 Å². The number of aldehydes is 1. The minimum Gasteiger partial charge on any atom is -0.392 e. The highest BCUT2D eigenvalue weighted by Crippen LogP contribution is 2.34. The number of carbonyl (C=O) groups excluding carboxylic acids is 1. The van der Waals surface area contributed by atoms with Crippen LogP contribution in [0.1, 0.15) is 21.5 Å². The van der Waals surface area contributed by atoms with Crippen LogP contribution in [0.5, 0.6) is 0 Å². The van der Waals surface area contributed by atoms with Crippen molar-refractivity contribution in [2.24, 2.45) is 0 Å². The number of benzene rings is 3. The second kappa shape index (κ2) is 5.23. The molecule has 0 aromatic heterocycles. The Morgan fingerprint density at radius 1 is 1.00 bits per heavy atom. The molecule has 0 fully saturated rings. The molecule has 0 spiro atoms. The summed E-state index contributed by atoms with van der Waals surface area (Å²) in [5.74, 6) is 0.335. The van der Waals surface area contributed by atoms with Gasteiger partial charge in [0.1, 0.15) is 0 Å². The Morgan fingerprint density at radius 2 is 1.70 bits per heavy atom. The van der Waals surface area contributed by atoms with Gasteiger partial charge in [0, 0.05) is 11.4 Å². The summed E-state index contributed by atoms with van der Waals surface area (Å²) in [5.41, 5.74) is 2.39. The van der Waals surface area contributed by atoms with Crippen LogP contribution in [0.25, 0.3) is 21.5 Å². The maximum absolute atomic E-state index is 11.6. The third-order valence-electron chi connectivity index (χ3n) is 3.71. The molecule has 0 bridgehead atoms. The summed E-state index contributed by atoms with van der Waals surface area (Å²) < 4.78 is 0. The molecule has 0 atom stereocenters. The molecular formula is C17H13ClO2. The number of halogens is 1. The van der Waals surface area contributed by atoms with Gasteiger partial charge in [-0.25, -0.2) is 0 Å². The number of rotatable bonds is 3. The smallest absolute Gasteiger partial charge is 0.151 e. The van der Waals surface area contributed by atoms with Crippen LogP contribution in [0.2, 0.25) is 0 Å². The zero-order chi connectivity index (χ0) is 14.1. The molecule has 1 N–H and O–H groups in total. The van der Waals surface area contributed by atoms with Crippen LogP contribution in [0.15, 0.2) is 42.5 Å². The van der Waals surface area contributed by atoms with Gasteiger partial charge < -0.3 is 5.11 Å². The minimum atomic E-state index is -0.0676. The van der Waals surface area contributed by atoms with E-state index in [2.05, 4.69) is 0 Å². The van der Waals surface area contributed by atoms with Gasteiger partial charge in [0.05, 0.1) is 6.61 Å². The van der Waals surface area contributed by atoms with E-state index in [0.29, 0.717) is 11.4 Å². The van der Waals surface area contributed by atoms with Crippen LogP contribution in [-0.4, -0.2) is 11.4 Å². The number of aliphatic hydroxyl groups is 1. The first-order valence-electron chi connectivity index (χ1n) is 6.39. The molecule has 2 nitrogen and oxygen atoms in total. The van der Waals surface area contributed by atoms with Crippen molar-refractivity contribution in [3.8, 4) is 0 Å². The largest absolute Gasteiger partial charge is 0.392 e. The fourth-order valence-electron chi connectivity index (χ4n) is 2.83. The van der Waals surface area contributed by atoms with Crippen molar-refractivity contribution in [2.75, 3.05) is 0 Å². The van der Waals surface area contributed by atoms with Gasteiger partial charge in [-0.05, 0) is 32.7 Å². The van der Waals surface area contributed by atoms with Crippen LogP contribution in [0.4, 0.5) is 0 Å². The third-order valence-corrected chi connectivity index (χ3v) is 4.00. The lowest BCUT2D eigenvalue weighted by molar-refractivity contribution is 0.112. The molecule has 20 heavy (non-hydrogen) atoms. The number of aliphatic hydroxyl groups excluding tert-OH is 1. The summed E-state index contributed by atoms with van der Waals surface area (Å²) in [4.78, 5) is 11.6. The van der Waals surface area contributed by atoms with Crippen molar-refractivity contribution in [1.29, 1.82) is 0 Å². The molecule has 3 aromatic carbocycles. The van der Waals surface area contributed by atoms with Crippen LogP contribution in [-0.2, 0) is 12.5 Å². The molecule has 0 aliphatic carbocycles. The van der Waals surface area contributed by atoms with E-state index in [1.54, 1.807) is 0 Å². The molecule has 3 aromatic rings. The highest BCUT2D eigenvalue weighted by Gasteiger charge is 2.14. The van der Waals surface area contributed by atoms with Gasteiger partial charge in [-0.3, -0.25) is 4.79 Å². The summed E-state index contributed by atoms with van der Waals surface area (Å²) in [7, 11) is 0. The van der Waals surface area contributed by atoms with Crippen molar-refractivity contribution in [1.82, 2.24) is 0 Å². The molecular weight excluding hydrogens is 272 g/mol. The Kier molecular flexibility index (Phi) is 3.43. The van der Waals surface area contributed by atoms with Crippen LogP contribution in [0, 0.1) is 0 Å². The van der Waals surface area contributed by atoms with E-state index in [9.17, 15) is 9.90 Å². The average Bonchev–Trinajstić information content (AvgIpc) is 2.51. The Labute approximate surface area is 121 Å². The SMILES string of the molecule is O=Cc1c2ccccc2c(CO)c2cccc(CCl)c12. The lowest BCUT2D eigenvalue weighted by Gasteiger charge is -2.14. The quantitative estimate of drug-likeness (QED) is 0.448. The summed E-state index contributed by atoms with van der Waals surface area (Å²) in [6.07, 6.45) is 0.877. The molecule has 100 valence electrons. The standard InChI is InChI=1S/C17H13ClO2/c18-8-11-4-3-7-14-15(9-19)12-5-1-2-6-13(12)16(10-20)17(11)14/h1-7,10,19H,8-9H2. The Hall–Kier alpha value is -1.90. The second-order valence-electron chi connectivity index (χ2n) is 4.69. The zero-order valence-electron chi connectivity index (χ0n) is 10.8. The summed E-state index contributed by atoms with van der Waals surface area (Å²) in [5, 5.41) is 13.3. The molecule has 0 radical (unpaired) electrons. The van der Waals surface area contributed by atoms with Gasteiger partial charge in [-0.15, -0.1) is 11.6 Å². The van der Waals surface area contributed by atoms with Crippen molar-refractivity contribution < 1.29 is 9.90 Å². The van der Waals surface area contributed by atoms with Crippen molar-refractivity contribution >= 4 is 39.4 Å². The van der Waals surface area contributed by atoms with E-state index < -0.39 is 0 Å². The van der Waals surface area contributed by atoms with E-state index in [0.717, 1.165) is 39.0 Å². The molecule has 0 aliphatic heterocycles. The third kappa shape index (κ3) is 1.80. The number of hydrogen-bond donors (Lipinski definition) is 1. The Morgan fingerprint density at radius 3 is 2.35 bits per heavy atom. The van der Waals surface area contributed by atoms with Gasteiger partial charge in [0.2, 0.25) is 0 Å². The van der Waals surface area contributed by atoms with Gasteiger partial charge >= 0.3 is 0 Å². The first-order chi connectivity index (χ1) is 9.81. The molecule has 3 heteroatoms. The average molecular weight is 285 g/mol. The number of carbonyl (C=O) groups is 1. The van der Waals surface area contributed by atoms with Crippen LogP contribution < -0.4 is 0 Å². The molecule has 0 saturated carbocycles. The first kappa shape index (κ1) is 13.1. The summed E-state index contributed by atoms with van der Waals surface area (Å²) in [6.45, 7) is -0.0676. The first-order valence-corrected chi connectivity index (χ1v) is 6.92. The van der Waals surface area contributed by atoms with Gasteiger partial charge in [-0.2, -0.15) is 0 Å². The molecule has 0 aliphatic rings. The monoisotopic (exact) mass is 284 g/mol. The Bertz CT molecular complexity index is 809. The highest BCUT2D eigenvalue weighted by atomic mass is 35.5. The fraction of sp³-hybridized carbons (Fsp3) is 0.118. The number of hydrogen-bond acceptors (Lipinski definition) is 2. The molecule has 0 heterocycles. The van der Waals surface area contributed by atoms with Crippen LogP contribution in [0.3, 0.4) is 0 Å². The molecule has 3 rings (SSSR count). The zero-order valence-corrected chi connectivity index (χ0v) is 11.5. The molecule has 0 unspecified atom stereocenters.